The van der Waals surface area contributed by atoms with Gasteiger partial charge in [-0.2, -0.15) is 0 Å². The number of carbonyl (C=O) groups excluding carboxylic acids is 1. The molecule has 3 aromatic rings. The number of aliphatic hydroxyl groups excluding tert-OH is 1. The van der Waals surface area contributed by atoms with Crippen LogP contribution in [-0.2, 0) is 11.3 Å². The molecule has 9 heteroatoms. The highest BCUT2D eigenvalue weighted by Gasteiger charge is 2.21. The minimum absolute atomic E-state index is 0.0304. The predicted molar refractivity (Wildman–Crippen MR) is 144 cm³/mol. The topological polar surface area (TPSA) is 110 Å². The molecule has 0 saturated heterocycles. The van der Waals surface area contributed by atoms with Gasteiger partial charge in [0, 0.05) is 42.8 Å². The van der Waals surface area contributed by atoms with Crippen LogP contribution in [0.4, 0.5) is 16.4 Å². The summed E-state index contributed by atoms with van der Waals surface area (Å²) in [6.45, 7) is 9.35. The Morgan fingerprint density at radius 3 is 2.59 bits per heavy atom. The molecule has 0 unspecified atom stereocenters. The number of aromatic nitrogens is 3. The van der Waals surface area contributed by atoms with E-state index in [-0.39, 0.29) is 12.7 Å². The Morgan fingerprint density at radius 1 is 1.08 bits per heavy atom. The number of nitrogens with one attached hydrogen (secondary N) is 1. The molecule has 0 saturated carbocycles. The normalized spacial score (nSPS) is 11.2. The largest absolute Gasteiger partial charge is 0.478 e. The van der Waals surface area contributed by atoms with E-state index in [4.69, 9.17) is 9.47 Å². The van der Waals surface area contributed by atoms with Crippen molar-refractivity contribution in [2.75, 3.05) is 25.0 Å². The Morgan fingerprint density at radius 2 is 1.89 bits per heavy atom. The van der Waals surface area contributed by atoms with E-state index in [1.165, 1.54) is 0 Å². The van der Waals surface area contributed by atoms with Gasteiger partial charge in [0.25, 0.3) is 0 Å². The SMILES string of the molecule is CCCCN(CCCOc1ccc(-c2ccnc(Nc3cccc(CO)c3)n2)cn1)C(=O)OC(C)(C)C. The van der Waals surface area contributed by atoms with Crippen LogP contribution in [0, 0.1) is 0 Å². The summed E-state index contributed by atoms with van der Waals surface area (Å²) in [5.74, 6) is 0.958. The quantitative estimate of drug-likeness (QED) is 0.306. The monoisotopic (exact) mass is 507 g/mol. The fourth-order valence-electron chi connectivity index (χ4n) is 3.48. The predicted octanol–water partition coefficient (Wildman–Crippen LogP) is 5.58. The van der Waals surface area contributed by atoms with Gasteiger partial charge >= 0.3 is 6.09 Å². The summed E-state index contributed by atoms with van der Waals surface area (Å²) in [5, 5.41) is 12.5. The Bertz CT molecular complexity index is 1130. The molecule has 3 rings (SSSR count). The molecule has 1 aromatic carbocycles. The molecule has 0 aliphatic heterocycles. The lowest BCUT2D eigenvalue weighted by Crippen LogP contribution is -2.38. The van der Waals surface area contributed by atoms with Gasteiger partial charge in [-0.15, -0.1) is 0 Å². The van der Waals surface area contributed by atoms with Gasteiger partial charge in [0.2, 0.25) is 11.8 Å². The number of aliphatic hydroxyl groups is 1. The summed E-state index contributed by atoms with van der Waals surface area (Å²) >= 11 is 0. The van der Waals surface area contributed by atoms with Crippen molar-refractivity contribution in [2.45, 2.75) is 59.2 Å². The van der Waals surface area contributed by atoms with Gasteiger partial charge in [0.1, 0.15) is 5.60 Å². The zero-order valence-corrected chi connectivity index (χ0v) is 22.1. The van der Waals surface area contributed by atoms with E-state index in [2.05, 4.69) is 27.2 Å². The maximum atomic E-state index is 12.5. The molecule has 37 heavy (non-hydrogen) atoms. The number of carbonyl (C=O) groups is 1. The first-order valence-electron chi connectivity index (χ1n) is 12.6. The third-order valence-corrected chi connectivity index (χ3v) is 5.31. The molecule has 0 fully saturated rings. The Kier molecular flexibility index (Phi) is 10.2. The van der Waals surface area contributed by atoms with Crippen LogP contribution in [0.15, 0.2) is 54.9 Å². The highest BCUT2D eigenvalue weighted by atomic mass is 16.6. The summed E-state index contributed by atoms with van der Waals surface area (Å²) < 4.78 is 11.3. The molecule has 2 aromatic heterocycles. The van der Waals surface area contributed by atoms with Crippen molar-refractivity contribution in [2.24, 2.45) is 0 Å². The van der Waals surface area contributed by atoms with Crippen LogP contribution in [0.25, 0.3) is 11.3 Å². The van der Waals surface area contributed by atoms with Crippen molar-refractivity contribution in [1.82, 2.24) is 19.9 Å². The lowest BCUT2D eigenvalue weighted by Gasteiger charge is -2.27. The summed E-state index contributed by atoms with van der Waals surface area (Å²) in [5.41, 5.74) is 2.64. The second-order valence-corrected chi connectivity index (χ2v) is 9.66. The van der Waals surface area contributed by atoms with Gasteiger partial charge in [-0.25, -0.2) is 19.7 Å². The first-order valence-corrected chi connectivity index (χ1v) is 12.6. The zero-order valence-electron chi connectivity index (χ0n) is 22.1. The van der Waals surface area contributed by atoms with Crippen LogP contribution in [0.2, 0.25) is 0 Å². The summed E-state index contributed by atoms with van der Waals surface area (Å²) in [6.07, 6.45) is 5.71. The zero-order chi connectivity index (χ0) is 26.7. The number of ether oxygens (including phenoxy) is 2. The number of unbranched alkanes of at least 4 members (excludes halogenated alkanes) is 1. The fraction of sp³-hybridized carbons (Fsp3) is 0.429. The van der Waals surface area contributed by atoms with Gasteiger partial charge < -0.3 is 24.8 Å². The standard InChI is InChI=1S/C28H37N5O4/c1-5-6-15-33(27(35)37-28(2,3)4)16-8-17-36-25-12-11-22(19-30-25)24-13-14-29-26(32-24)31-23-10-7-9-21(18-23)20-34/h7,9-14,18-19,34H,5-6,8,15-17,20H2,1-4H3,(H,29,31,32). The smallest absolute Gasteiger partial charge is 0.410 e. The maximum Gasteiger partial charge on any atom is 0.410 e. The van der Waals surface area contributed by atoms with Crippen molar-refractivity contribution in [3.63, 3.8) is 0 Å². The molecular weight excluding hydrogens is 470 g/mol. The van der Waals surface area contributed by atoms with E-state index in [0.29, 0.717) is 37.9 Å². The van der Waals surface area contributed by atoms with Crippen LogP contribution < -0.4 is 10.1 Å². The van der Waals surface area contributed by atoms with Crippen LogP contribution in [0.3, 0.4) is 0 Å². The highest BCUT2D eigenvalue weighted by Crippen LogP contribution is 2.21. The molecule has 9 nitrogen and oxygen atoms in total. The lowest BCUT2D eigenvalue weighted by molar-refractivity contribution is 0.0239. The Balaban J connectivity index is 1.53. The Labute approximate surface area is 218 Å². The van der Waals surface area contributed by atoms with Crippen LogP contribution in [0.1, 0.15) is 52.5 Å². The summed E-state index contributed by atoms with van der Waals surface area (Å²) in [4.78, 5) is 27.5. The number of rotatable bonds is 12. The molecule has 1 amide bonds. The lowest BCUT2D eigenvalue weighted by atomic mass is 10.2. The number of anilines is 2. The molecule has 0 spiro atoms. The summed E-state index contributed by atoms with van der Waals surface area (Å²) in [7, 11) is 0. The molecule has 0 atom stereocenters. The van der Waals surface area contributed by atoms with Gasteiger partial charge in [0.15, 0.2) is 0 Å². The van der Waals surface area contributed by atoms with Crippen molar-refractivity contribution >= 4 is 17.7 Å². The molecule has 0 aliphatic rings. The van der Waals surface area contributed by atoms with Crippen molar-refractivity contribution in [3.8, 4) is 17.1 Å². The number of amides is 1. The summed E-state index contributed by atoms with van der Waals surface area (Å²) in [6, 6.07) is 13.0. The van der Waals surface area contributed by atoms with Crippen molar-refractivity contribution < 1.29 is 19.4 Å². The third-order valence-electron chi connectivity index (χ3n) is 5.31. The van der Waals surface area contributed by atoms with Gasteiger partial charge in [-0.1, -0.05) is 25.5 Å². The third kappa shape index (κ3) is 9.34. The minimum atomic E-state index is -0.519. The molecule has 198 valence electrons. The average molecular weight is 508 g/mol. The molecule has 0 radical (unpaired) electrons. The van der Waals surface area contributed by atoms with E-state index in [1.54, 1.807) is 23.4 Å². The molecular formula is C28H37N5O4. The van der Waals surface area contributed by atoms with E-state index in [0.717, 1.165) is 35.3 Å². The second kappa shape index (κ2) is 13.5. The molecule has 2 N–H and O–H groups in total. The van der Waals surface area contributed by atoms with Gasteiger partial charge in [-0.3, -0.25) is 0 Å². The van der Waals surface area contributed by atoms with Crippen LogP contribution in [-0.4, -0.2) is 56.3 Å². The maximum absolute atomic E-state index is 12.5. The molecule has 0 bridgehead atoms. The molecule has 0 aliphatic carbocycles. The number of hydrogen-bond acceptors (Lipinski definition) is 8. The number of hydrogen-bond donors (Lipinski definition) is 2. The van der Waals surface area contributed by atoms with Gasteiger partial charge in [-0.05, 0) is 63.4 Å². The van der Waals surface area contributed by atoms with Crippen molar-refractivity contribution in [3.05, 3.63) is 60.4 Å². The number of pyridine rings is 1. The van der Waals surface area contributed by atoms with Gasteiger partial charge in [0.05, 0.1) is 18.9 Å². The highest BCUT2D eigenvalue weighted by molar-refractivity contribution is 5.68. The van der Waals surface area contributed by atoms with E-state index in [9.17, 15) is 9.90 Å². The van der Waals surface area contributed by atoms with E-state index < -0.39 is 5.60 Å². The average Bonchev–Trinajstić information content (AvgIpc) is 2.88. The van der Waals surface area contributed by atoms with Crippen molar-refractivity contribution in [1.29, 1.82) is 0 Å². The number of nitrogens with zero attached hydrogens (tertiary/aromatic N) is 4. The Hall–Kier alpha value is -3.72. The fourth-order valence-corrected chi connectivity index (χ4v) is 3.48. The van der Waals surface area contributed by atoms with E-state index in [1.807, 2.05) is 57.2 Å². The molecule has 2 heterocycles. The number of benzene rings is 1. The minimum Gasteiger partial charge on any atom is -0.478 e. The first kappa shape index (κ1) is 27.9. The second-order valence-electron chi connectivity index (χ2n) is 9.66. The van der Waals surface area contributed by atoms with E-state index >= 15 is 0 Å². The van der Waals surface area contributed by atoms with Crippen LogP contribution >= 0.6 is 0 Å². The van der Waals surface area contributed by atoms with Crippen LogP contribution in [0.5, 0.6) is 5.88 Å². The first-order chi connectivity index (χ1) is 17.8.